The van der Waals surface area contributed by atoms with Crippen molar-refractivity contribution in [3.05, 3.63) is 11.8 Å². The minimum atomic E-state index is -0.801. The number of likely N-dealkylation sites (N-methyl/N-ethyl adjacent to an activating group) is 1. The second-order valence-electron chi connectivity index (χ2n) is 2.13. The van der Waals surface area contributed by atoms with E-state index in [2.05, 4.69) is 5.32 Å². The molecular weight excluding hydrogens is 142 g/mol. The van der Waals surface area contributed by atoms with Gasteiger partial charge in [0.05, 0.1) is 5.70 Å². The zero-order valence-corrected chi connectivity index (χ0v) is 7.42. The molecule has 0 spiro atoms. The van der Waals surface area contributed by atoms with Gasteiger partial charge in [0.2, 0.25) is 0 Å². The Morgan fingerprint density at radius 1 is 1.64 bits per heavy atom. The van der Waals surface area contributed by atoms with E-state index in [1.807, 2.05) is 19.9 Å². The summed E-state index contributed by atoms with van der Waals surface area (Å²) in [4.78, 5) is 0. The van der Waals surface area contributed by atoms with Crippen molar-refractivity contribution < 1.29 is 9.84 Å². The Labute approximate surface area is 68.1 Å². The van der Waals surface area contributed by atoms with E-state index >= 15 is 0 Å². The van der Waals surface area contributed by atoms with Crippen molar-refractivity contribution in [1.82, 2.24) is 5.32 Å². The monoisotopic (exact) mass is 159 g/mol. The van der Waals surface area contributed by atoms with Gasteiger partial charge in [-0.05, 0) is 13.3 Å². The fraction of sp³-hybridized carbons (Fsp3) is 0.750. The van der Waals surface area contributed by atoms with E-state index in [9.17, 15) is 5.11 Å². The topological polar surface area (TPSA) is 41.5 Å². The summed E-state index contributed by atoms with van der Waals surface area (Å²) in [6.45, 7) is 4.38. The van der Waals surface area contributed by atoms with E-state index in [0.717, 1.165) is 12.1 Å². The van der Waals surface area contributed by atoms with Crippen LogP contribution in [0, 0.1) is 0 Å². The summed E-state index contributed by atoms with van der Waals surface area (Å²) in [5.74, 6) is 0. The van der Waals surface area contributed by atoms with Crippen molar-refractivity contribution in [2.24, 2.45) is 0 Å². The molecule has 1 atom stereocenters. The Balaban J connectivity index is 3.91. The van der Waals surface area contributed by atoms with Crippen LogP contribution < -0.4 is 5.32 Å². The molecule has 3 heteroatoms. The first-order valence-electron chi connectivity index (χ1n) is 3.93. The van der Waals surface area contributed by atoms with Crippen molar-refractivity contribution in [2.45, 2.75) is 26.6 Å². The molecule has 2 N–H and O–H groups in total. The molecule has 0 fully saturated rings. The highest BCUT2D eigenvalue weighted by molar-refractivity contribution is 5.01. The zero-order chi connectivity index (χ0) is 8.69. The molecule has 0 bridgehead atoms. The summed E-state index contributed by atoms with van der Waals surface area (Å²) >= 11 is 0. The van der Waals surface area contributed by atoms with Crippen LogP contribution in [0.3, 0.4) is 0 Å². The fourth-order valence-corrected chi connectivity index (χ4v) is 0.794. The molecule has 66 valence electrons. The third-order valence-electron chi connectivity index (χ3n) is 1.30. The van der Waals surface area contributed by atoms with Gasteiger partial charge in [0, 0.05) is 13.7 Å². The minimum absolute atomic E-state index is 0.518. The summed E-state index contributed by atoms with van der Waals surface area (Å²) in [5.41, 5.74) is 0.731. The molecule has 0 radical (unpaired) electrons. The van der Waals surface area contributed by atoms with Crippen LogP contribution in [0.4, 0.5) is 0 Å². The van der Waals surface area contributed by atoms with E-state index in [0.29, 0.717) is 6.61 Å². The van der Waals surface area contributed by atoms with Gasteiger partial charge in [-0.1, -0.05) is 13.0 Å². The third kappa shape index (κ3) is 4.01. The fourth-order valence-electron chi connectivity index (χ4n) is 0.794. The normalized spacial score (nSPS) is 14.7. The van der Waals surface area contributed by atoms with Crippen molar-refractivity contribution in [3.8, 4) is 0 Å². The Kier molecular flexibility index (Phi) is 5.88. The molecule has 0 aliphatic carbocycles. The minimum Gasteiger partial charge on any atom is -0.388 e. The summed E-state index contributed by atoms with van der Waals surface area (Å²) in [7, 11) is 1.77. The highest BCUT2D eigenvalue weighted by Gasteiger charge is 2.06. The average Bonchev–Trinajstić information content (AvgIpc) is 2.00. The van der Waals surface area contributed by atoms with Crippen LogP contribution in [0.5, 0.6) is 0 Å². The lowest BCUT2D eigenvalue weighted by molar-refractivity contribution is -0.0705. The summed E-state index contributed by atoms with van der Waals surface area (Å²) in [6.07, 6.45) is 1.99. The highest BCUT2D eigenvalue weighted by Crippen LogP contribution is 2.00. The van der Waals surface area contributed by atoms with Crippen LogP contribution in [0.2, 0.25) is 0 Å². The molecule has 11 heavy (non-hydrogen) atoms. The van der Waals surface area contributed by atoms with Crippen molar-refractivity contribution in [3.63, 3.8) is 0 Å². The molecule has 0 aromatic rings. The molecule has 0 amide bonds. The van der Waals surface area contributed by atoms with Gasteiger partial charge in [-0.2, -0.15) is 0 Å². The molecule has 0 heterocycles. The molecule has 0 aliphatic rings. The quantitative estimate of drug-likeness (QED) is 0.584. The SMILES string of the molecule is CC/C=C(/NC)C(O)OCC. The number of aliphatic hydroxyl groups is 1. The second kappa shape index (κ2) is 6.19. The van der Waals surface area contributed by atoms with Crippen LogP contribution in [-0.4, -0.2) is 25.1 Å². The maximum Gasteiger partial charge on any atom is 0.195 e. The first-order valence-corrected chi connectivity index (χ1v) is 3.93. The first-order chi connectivity index (χ1) is 5.26. The molecule has 0 aromatic carbocycles. The average molecular weight is 159 g/mol. The van der Waals surface area contributed by atoms with E-state index < -0.39 is 6.29 Å². The maximum atomic E-state index is 9.29. The predicted molar refractivity (Wildman–Crippen MR) is 45.1 cm³/mol. The Morgan fingerprint density at radius 3 is 2.64 bits per heavy atom. The molecule has 1 unspecified atom stereocenters. The lowest BCUT2D eigenvalue weighted by Gasteiger charge is -2.13. The molecule has 0 saturated heterocycles. The molecule has 0 aliphatic heterocycles. The Hall–Kier alpha value is -0.540. The predicted octanol–water partition coefficient (Wildman–Crippen LogP) is 0.855. The molecule has 0 aromatic heterocycles. The van der Waals surface area contributed by atoms with E-state index in [1.54, 1.807) is 7.05 Å². The zero-order valence-electron chi connectivity index (χ0n) is 7.42. The molecule has 3 nitrogen and oxygen atoms in total. The number of ether oxygens (including phenoxy) is 1. The van der Waals surface area contributed by atoms with E-state index in [1.165, 1.54) is 0 Å². The number of nitrogens with one attached hydrogen (secondary N) is 1. The van der Waals surface area contributed by atoms with Crippen molar-refractivity contribution >= 4 is 0 Å². The van der Waals surface area contributed by atoms with Gasteiger partial charge in [-0.25, -0.2) is 0 Å². The maximum absolute atomic E-state index is 9.29. The third-order valence-corrected chi connectivity index (χ3v) is 1.30. The summed E-state index contributed by atoms with van der Waals surface area (Å²) in [5, 5.41) is 12.2. The summed E-state index contributed by atoms with van der Waals surface area (Å²) < 4.78 is 4.97. The largest absolute Gasteiger partial charge is 0.388 e. The van der Waals surface area contributed by atoms with Crippen molar-refractivity contribution in [1.29, 1.82) is 0 Å². The highest BCUT2D eigenvalue weighted by atomic mass is 16.6. The molecular formula is C8H17NO2. The van der Waals surface area contributed by atoms with Gasteiger partial charge in [0.1, 0.15) is 0 Å². The lowest BCUT2D eigenvalue weighted by Crippen LogP contribution is -2.23. The lowest BCUT2D eigenvalue weighted by atomic mass is 10.3. The standard InChI is InChI=1S/C8H17NO2/c1-4-6-7(9-3)8(10)11-5-2/h6,8-10H,4-5H2,1-3H3/b7-6+. The van der Waals surface area contributed by atoms with Crippen LogP contribution in [0.25, 0.3) is 0 Å². The first kappa shape index (κ1) is 10.5. The number of allylic oxidation sites excluding steroid dienone is 1. The number of hydrogen-bond donors (Lipinski definition) is 2. The van der Waals surface area contributed by atoms with Gasteiger partial charge in [-0.3, -0.25) is 0 Å². The van der Waals surface area contributed by atoms with Crippen LogP contribution in [0.1, 0.15) is 20.3 Å². The van der Waals surface area contributed by atoms with Gasteiger partial charge in [0.15, 0.2) is 6.29 Å². The summed E-state index contributed by atoms with van der Waals surface area (Å²) in [6, 6.07) is 0. The second-order valence-corrected chi connectivity index (χ2v) is 2.13. The number of hydrogen-bond acceptors (Lipinski definition) is 3. The van der Waals surface area contributed by atoms with Crippen LogP contribution in [0.15, 0.2) is 11.8 Å². The van der Waals surface area contributed by atoms with Crippen LogP contribution >= 0.6 is 0 Å². The van der Waals surface area contributed by atoms with Crippen molar-refractivity contribution in [2.75, 3.05) is 13.7 Å². The molecule has 0 rings (SSSR count). The molecule has 0 saturated carbocycles. The van der Waals surface area contributed by atoms with E-state index in [-0.39, 0.29) is 0 Å². The van der Waals surface area contributed by atoms with E-state index in [4.69, 9.17) is 4.74 Å². The number of aliphatic hydroxyl groups excluding tert-OH is 1. The van der Waals surface area contributed by atoms with Gasteiger partial charge < -0.3 is 15.2 Å². The van der Waals surface area contributed by atoms with Gasteiger partial charge >= 0.3 is 0 Å². The smallest absolute Gasteiger partial charge is 0.195 e. The van der Waals surface area contributed by atoms with Crippen LogP contribution in [-0.2, 0) is 4.74 Å². The van der Waals surface area contributed by atoms with Gasteiger partial charge in [0.25, 0.3) is 0 Å². The number of rotatable bonds is 5. The van der Waals surface area contributed by atoms with Gasteiger partial charge in [-0.15, -0.1) is 0 Å². The Bertz CT molecular complexity index is 123. The Morgan fingerprint density at radius 2 is 2.27 bits per heavy atom.